The second-order valence-corrected chi connectivity index (χ2v) is 8.85. The number of esters is 1. The number of hydrogen-bond acceptors (Lipinski definition) is 4. The molecular weight excluding hydrogens is 466 g/mol. The van der Waals surface area contributed by atoms with Gasteiger partial charge in [-0.2, -0.15) is 0 Å². The van der Waals surface area contributed by atoms with E-state index in [0.29, 0.717) is 22.0 Å². The molecule has 0 spiro atoms. The van der Waals surface area contributed by atoms with E-state index in [9.17, 15) is 14.4 Å². The lowest BCUT2D eigenvalue weighted by molar-refractivity contribution is -0.141. The maximum Gasteiger partial charge on any atom is 0.310 e. The number of ketones is 1. The lowest BCUT2D eigenvalue weighted by Crippen LogP contribution is -2.22. The Morgan fingerprint density at radius 3 is 2.26 bits per heavy atom. The van der Waals surface area contributed by atoms with Gasteiger partial charge in [0, 0.05) is 29.0 Å². The number of carbonyl (C=O) groups excluding carboxylic acids is 2. The third-order valence-corrected chi connectivity index (χ3v) is 6.36. The molecule has 2 heterocycles. The summed E-state index contributed by atoms with van der Waals surface area (Å²) < 4.78 is 10.4. The number of benzene rings is 2. The molecule has 0 N–H and O–H groups in total. The lowest BCUT2D eigenvalue weighted by atomic mass is 10.1. The predicted octanol–water partition coefficient (Wildman–Crippen LogP) is 4.51. The van der Waals surface area contributed by atoms with E-state index >= 15 is 0 Å². The van der Waals surface area contributed by atoms with Crippen molar-refractivity contribution < 1.29 is 14.3 Å². The van der Waals surface area contributed by atoms with E-state index in [4.69, 9.17) is 16.3 Å². The molecular formula is C27H26ClN3O4. The normalized spacial score (nSPS) is 11.0. The summed E-state index contributed by atoms with van der Waals surface area (Å²) in [6.45, 7) is 5.12. The van der Waals surface area contributed by atoms with Crippen LogP contribution in [0.2, 0.25) is 5.02 Å². The van der Waals surface area contributed by atoms with Crippen molar-refractivity contribution in [3.63, 3.8) is 0 Å². The molecule has 7 nitrogen and oxygen atoms in total. The van der Waals surface area contributed by atoms with Gasteiger partial charge >= 0.3 is 5.97 Å². The van der Waals surface area contributed by atoms with Gasteiger partial charge in [-0.1, -0.05) is 41.9 Å². The SMILES string of the molecule is Cc1cc(C(=O)COC(=O)Cc2ccc(Cl)cc2)c(C)n1-c1c(C)n(C)n(-c2ccccc2)c1=O. The van der Waals surface area contributed by atoms with Gasteiger partial charge in [0.15, 0.2) is 6.61 Å². The Kier molecular flexibility index (Phi) is 6.80. The fourth-order valence-corrected chi connectivity index (χ4v) is 4.37. The molecule has 0 unspecified atom stereocenters. The van der Waals surface area contributed by atoms with Gasteiger partial charge < -0.3 is 9.30 Å². The standard InChI is InChI=1S/C27H26ClN3O4/c1-17-14-23(24(32)16-35-25(33)15-20-10-12-21(28)13-11-20)18(2)30(17)26-19(3)29(4)31(27(26)34)22-8-6-5-7-9-22/h5-14H,15-16H2,1-4H3. The monoisotopic (exact) mass is 491 g/mol. The fraction of sp³-hybridized carbons (Fsp3) is 0.222. The highest BCUT2D eigenvalue weighted by atomic mass is 35.5. The van der Waals surface area contributed by atoms with Crippen molar-refractivity contribution in [2.45, 2.75) is 27.2 Å². The summed E-state index contributed by atoms with van der Waals surface area (Å²) in [4.78, 5) is 38.6. The molecule has 4 aromatic rings. The number of hydrogen-bond donors (Lipinski definition) is 0. The average molecular weight is 492 g/mol. The molecule has 0 aliphatic carbocycles. The number of carbonyl (C=O) groups is 2. The number of nitrogens with zero attached hydrogens (tertiary/aromatic N) is 3. The quantitative estimate of drug-likeness (QED) is 0.281. The summed E-state index contributed by atoms with van der Waals surface area (Å²) in [6.07, 6.45) is 0.0473. The van der Waals surface area contributed by atoms with E-state index in [0.717, 1.165) is 22.6 Å². The van der Waals surface area contributed by atoms with E-state index in [1.54, 1.807) is 51.2 Å². The lowest BCUT2D eigenvalue weighted by Gasteiger charge is -2.09. The Balaban J connectivity index is 1.58. The Labute approximate surface area is 208 Å². The minimum absolute atomic E-state index is 0.0473. The van der Waals surface area contributed by atoms with E-state index in [2.05, 4.69) is 0 Å². The smallest absolute Gasteiger partial charge is 0.310 e. The van der Waals surface area contributed by atoms with Crippen molar-refractivity contribution in [1.29, 1.82) is 0 Å². The van der Waals surface area contributed by atoms with E-state index < -0.39 is 5.97 Å². The van der Waals surface area contributed by atoms with Gasteiger partial charge in [0.05, 0.1) is 17.8 Å². The first-order chi connectivity index (χ1) is 16.7. The summed E-state index contributed by atoms with van der Waals surface area (Å²) >= 11 is 5.87. The van der Waals surface area contributed by atoms with Crippen molar-refractivity contribution in [3.05, 3.63) is 104 Å². The highest BCUT2D eigenvalue weighted by Crippen LogP contribution is 2.23. The maximum atomic E-state index is 13.5. The molecule has 180 valence electrons. The first-order valence-corrected chi connectivity index (χ1v) is 11.5. The topological polar surface area (TPSA) is 75.2 Å². The molecule has 35 heavy (non-hydrogen) atoms. The minimum Gasteiger partial charge on any atom is -0.457 e. The van der Waals surface area contributed by atoms with Crippen LogP contribution in [0.3, 0.4) is 0 Å². The molecule has 4 rings (SSSR count). The number of halogens is 1. The third-order valence-electron chi connectivity index (χ3n) is 6.10. The van der Waals surface area contributed by atoms with Crippen LogP contribution in [-0.4, -0.2) is 32.3 Å². The van der Waals surface area contributed by atoms with E-state index in [1.807, 2.05) is 51.2 Å². The molecule has 2 aromatic carbocycles. The average Bonchev–Trinajstić information content (AvgIpc) is 3.25. The summed E-state index contributed by atoms with van der Waals surface area (Å²) in [6, 6.07) is 18.0. The summed E-state index contributed by atoms with van der Waals surface area (Å²) in [7, 11) is 1.83. The molecule has 0 fully saturated rings. The molecule has 0 atom stereocenters. The minimum atomic E-state index is -0.501. The Bertz CT molecular complexity index is 1460. The second kappa shape index (κ2) is 9.80. The number of Topliss-reactive ketones (excluding diaryl/α,β-unsaturated/α-hetero) is 1. The molecule has 0 aliphatic heterocycles. The van der Waals surface area contributed by atoms with Crippen molar-refractivity contribution in [3.8, 4) is 11.4 Å². The van der Waals surface area contributed by atoms with Crippen LogP contribution in [0, 0.1) is 20.8 Å². The van der Waals surface area contributed by atoms with Crippen molar-refractivity contribution in [2.24, 2.45) is 7.05 Å². The molecule has 8 heteroatoms. The van der Waals surface area contributed by atoms with Crippen LogP contribution in [0.15, 0.2) is 65.5 Å². The van der Waals surface area contributed by atoms with Crippen LogP contribution >= 0.6 is 11.6 Å². The van der Waals surface area contributed by atoms with Crippen molar-refractivity contribution >= 4 is 23.4 Å². The maximum absolute atomic E-state index is 13.5. The molecule has 0 aliphatic rings. The number of aryl methyl sites for hydroxylation is 1. The van der Waals surface area contributed by atoms with Crippen molar-refractivity contribution in [1.82, 2.24) is 13.9 Å². The molecule has 0 bridgehead atoms. The summed E-state index contributed by atoms with van der Waals surface area (Å²) in [5.41, 5.74) is 4.32. The Hall–Kier alpha value is -3.84. The zero-order chi connectivity index (χ0) is 25.3. The zero-order valence-electron chi connectivity index (χ0n) is 20.0. The van der Waals surface area contributed by atoms with Gasteiger partial charge in [-0.25, -0.2) is 4.68 Å². The van der Waals surface area contributed by atoms with E-state index in [1.165, 1.54) is 0 Å². The first-order valence-electron chi connectivity index (χ1n) is 11.2. The zero-order valence-corrected chi connectivity index (χ0v) is 20.8. The van der Waals surface area contributed by atoms with Gasteiger partial charge in [0.2, 0.25) is 5.78 Å². The van der Waals surface area contributed by atoms with Gasteiger partial charge in [-0.15, -0.1) is 0 Å². The molecule has 2 aromatic heterocycles. The highest BCUT2D eigenvalue weighted by molar-refractivity contribution is 6.30. The first kappa shape index (κ1) is 24.3. The Morgan fingerprint density at radius 2 is 1.60 bits per heavy atom. The fourth-order valence-electron chi connectivity index (χ4n) is 4.24. The highest BCUT2D eigenvalue weighted by Gasteiger charge is 2.24. The van der Waals surface area contributed by atoms with Crippen LogP contribution in [0.25, 0.3) is 11.4 Å². The third kappa shape index (κ3) is 4.72. The molecule has 0 saturated carbocycles. The molecule has 0 amide bonds. The van der Waals surface area contributed by atoms with Gasteiger partial charge in [0.1, 0.15) is 5.69 Å². The number of ether oxygens (including phenoxy) is 1. The second-order valence-electron chi connectivity index (χ2n) is 8.42. The van der Waals surface area contributed by atoms with Crippen LogP contribution < -0.4 is 5.56 Å². The van der Waals surface area contributed by atoms with E-state index in [-0.39, 0.29) is 24.4 Å². The predicted molar refractivity (Wildman–Crippen MR) is 135 cm³/mol. The number of para-hydroxylation sites is 1. The summed E-state index contributed by atoms with van der Waals surface area (Å²) in [5, 5.41) is 0.580. The molecule has 0 saturated heterocycles. The van der Waals surface area contributed by atoms with Crippen LogP contribution in [0.5, 0.6) is 0 Å². The molecule has 0 radical (unpaired) electrons. The number of rotatable bonds is 7. The van der Waals surface area contributed by atoms with Gasteiger partial charge in [-0.05, 0) is 56.7 Å². The van der Waals surface area contributed by atoms with Crippen molar-refractivity contribution in [2.75, 3.05) is 6.61 Å². The largest absolute Gasteiger partial charge is 0.457 e. The Morgan fingerprint density at radius 1 is 0.943 bits per heavy atom. The van der Waals surface area contributed by atoms with Gasteiger partial charge in [0.25, 0.3) is 5.56 Å². The van der Waals surface area contributed by atoms with Gasteiger partial charge in [-0.3, -0.25) is 19.1 Å². The summed E-state index contributed by atoms with van der Waals surface area (Å²) in [5.74, 6) is -0.829. The number of aromatic nitrogens is 3. The van der Waals surface area contributed by atoms with Crippen LogP contribution in [-0.2, 0) is 23.0 Å². The van der Waals surface area contributed by atoms with Crippen LogP contribution in [0.4, 0.5) is 0 Å². The van der Waals surface area contributed by atoms with Crippen LogP contribution in [0.1, 0.15) is 33.0 Å².